The molecule has 0 amide bonds. The summed E-state index contributed by atoms with van der Waals surface area (Å²) in [4.78, 5) is 24.0. The molecule has 2 aromatic heterocycles. The molecule has 7 heteroatoms. The molecular weight excluding hydrogens is 274 g/mol. The summed E-state index contributed by atoms with van der Waals surface area (Å²) in [5, 5.41) is 8.06. The van der Waals surface area contributed by atoms with Crippen molar-refractivity contribution in [3.63, 3.8) is 0 Å². The van der Waals surface area contributed by atoms with Crippen LogP contribution in [0, 0.1) is 6.92 Å². The fourth-order valence-electron chi connectivity index (χ4n) is 1.90. The van der Waals surface area contributed by atoms with Gasteiger partial charge in [0.1, 0.15) is 16.8 Å². The van der Waals surface area contributed by atoms with Gasteiger partial charge in [0.05, 0.1) is 11.6 Å². The molecule has 0 saturated heterocycles. The summed E-state index contributed by atoms with van der Waals surface area (Å²) in [6, 6.07) is 8.34. The SMILES string of the molecule is Cc1occc1C(=O)OCn1nnc2ccccc2c1=O. The Morgan fingerprint density at radius 3 is 2.90 bits per heavy atom. The van der Waals surface area contributed by atoms with E-state index in [1.807, 2.05) is 0 Å². The lowest BCUT2D eigenvalue weighted by Crippen LogP contribution is -2.26. The third-order valence-corrected chi connectivity index (χ3v) is 3.03. The van der Waals surface area contributed by atoms with E-state index in [9.17, 15) is 9.59 Å². The Morgan fingerprint density at radius 1 is 1.33 bits per heavy atom. The molecule has 3 rings (SSSR count). The van der Waals surface area contributed by atoms with Crippen molar-refractivity contribution in [1.82, 2.24) is 15.0 Å². The Morgan fingerprint density at radius 2 is 2.14 bits per heavy atom. The van der Waals surface area contributed by atoms with Gasteiger partial charge in [-0.05, 0) is 25.1 Å². The molecule has 7 nitrogen and oxygen atoms in total. The number of fused-ring (bicyclic) bond motifs is 1. The quantitative estimate of drug-likeness (QED) is 0.678. The number of rotatable bonds is 3. The van der Waals surface area contributed by atoms with Gasteiger partial charge in [0.2, 0.25) is 0 Å². The van der Waals surface area contributed by atoms with E-state index >= 15 is 0 Å². The molecule has 0 unspecified atom stereocenters. The van der Waals surface area contributed by atoms with Crippen molar-refractivity contribution in [2.75, 3.05) is 0 Å². The molecular formula is C14H11N3O4. The number of benzene rings is 1. The van der Waals surface area contributed by atoms with Crippen molar-refractivity contribution in [2.45, 2.75) is 13.7 Å². The molecule has 0 aliphatic carbocycles. The van der Waals surface area contributed by atoms with Crippen LogP contribution in [0.15, 0.2) is 45.8 Å². The summed E-state index contributed by atoms with van der Waals surface area (Å²) in [5.41, 5.74) is 0.449. The second-order valence-electron chi connectivity index (χ2n) is 4.36. The second-order valence-corrected chi connectivity index (χ2v) is 4.36. The number of aryl methyl sites for hydroxylation is 1. The Balaban J connectivity index is 1.83. The fourth-order valence-corrected chi connectivity index (χ4v) is 1.90. The molecule has 106 valence electrons. The average Bonchev–Trinajstić information content (AvgIpc) is 2.93. The van der Waals surface area contributed by atoms with Crippen LogP contribution in [0.2, 0.25) is 0 Å². The minimum atomic E-state index is -0.580. The van der Waals surface area contributed by atoms with Crippen molar-refractivity contribution in [1.29, 1.82) is 0 Å². The van der Waals surface area contributed by atoms with Gasteiger partial charge in [-0.15, -0.1) is 5.10 Å². The number of aromatic nitrogens is 3. The maximum atomic E-state index is 12.1. The Bertz CT molecular complexity index is 866. The zero-order chi connectivity index (χ0) is 14.8. The van der Waals surface area contributed by atoms with E-state index in [2.05, 4.69) is 10.3 Å². The predicted molar refractivity (Wildman–Crippen MR) is 72.7 cm³/mol. The van der Waals surface area contributed by atoms with Gasteiger partial charge in [0.25, 0.3) is 5.56 Å². The molecule has 0 aliphatic rings. The highest BCUT2D eigenvalue weighted by Gasteiger charge is 2.14. The van der Waals surface area contributed by atoms with Crippen LogP contribution in [0.4, 0.5) is 0 Å². The smallest absolute Gasteiger partial charge is 0.343 e. The maximum Gasteiger partial charge on any atom is 0.343 e. The van der Waals surface area contributed by atoms with Gasteiger partial charge in [-0.25, -0.2) is 4.79 Å². The lowest BCUT2D eigenvalue weighted by Gasteiger charge is -2.05. The largest absolute Gasteiger partial charge is 0.469 e. The van der Waals surface area contributed by atoms with Crippen LogP contribution in [0.25, 0.3) is 10.9 Å². The predicted octanol–water partition coefficient (Wildman–Crippen LogP) is 1.51. The summed E-state index contributed by atoms with van der Waals surface area (Å²) < 4.78 is 11.1. The first kappa shape index (κ1) is 13.0. The number of esters is 1. The second kappa shape index (κ2) is 5.20. The monoisotopic (exact) mass is 285 g/mol. The third-order valence-electron chi connectivity index (χ3n) is 3.03. The van der Waals surface area contributed by atoms with Crippen molar-refractivity contribution in [2.24, 2.45) is 0 Å². The van der Waals surface area contributed by atoms with E-state index in [0.29, 0.717) is 22.2 Å². The Kier molecular flexibility index (Phi) is 3.23. The molecule has 0 atom stereocenters. The van der Waals surface area contributed by atoms with Gasteiger partial charge in [-0.1, -0.05) is 17.3 Å². The fraction of sp³-hybridized carbons (Fsp3) is 0.143. The van der Waals surface area contributed by atoms with Crippen molar-refractivity contribution in [3.05, 3.63) is 58.3 Å². The number of nitrogens with zero attached hydrogens (tertiary/aromatic N) is 3. The van der Waals surface area contributed by atoms with Crippen LogP contribution in [0.1, 0.15) is 16.1 Å². The van der Waals surface area contributed by atoms with Crippen molar-refractivity contribution >= 4 is 16.9 Å². The van der Waals surface area contributed by atoms with Gasteiger partial charge in [-0.2, -0.15) is 4.68 Å². The topological polar surface area (TPSA) is 87.2 Å². The molecule has 21 heavy (non-hydrogen) atoms. The standard InChI is InChI=1S/C14H11N3O4/c1-9-10(6-7-20-9)14(19)21-8-17-13(18)11-4-2-3-5-12(11)15-16-17/h2-7H,8H2,1H3. The number of hydrogen-bond acceptors (Lipinski definition) is 6. The van der Waals surface area contributed by atoms with Gasteiger partial charge in [0, 0.05) is 0 Å². The first-order valence-electron chi connectivity index (χ1n) is 6.20. The van der Waals surface area contributed by atoms with Crippen LogP contribution in [0.5, 0.6) is 0 Å². The molecule has 1 aromatic carbocycles. The summed E-state index contributed by atoms with van der Waals surface area (Å²) in [6.07, 6.45) is 1.40. The van der Waals surface area contributed by atoms with E-state index < -0.39 is 5.97 Å². The van der Waals surface area contributed by atoms with E-state index in [0.717, 1.165) is 4.68 Å². The minimum absolute atomic E-state index is 0.305. The summed E-state index contributed by atoms with van der Waals surface area (Å²) in [5.74, 6) is -0.125. The lowest BCUT2D eigenvalue weighted by molar-refractivity contribution is 0.0334. The summed E-state index contributed by atoms with van der Waals surface area (Å²) >= 11 is 0. The zero-order valence-electron chi connectivity index (χ0n) is 11.1. The summed E-state index contributed by atoms with van der Waals surface area (Å²) in [6.45, 7) is 1.35. The number of ether oxygens (including phenoxy) is 1. The molecule has 0 radical (unpaired) electrons. The highest BCUT2D eigenvalue weighted by atomic mass is 16.5. The number of hydrogen-bond donors (Lipinski definition) is 0. The average molecular weight is 285 g/mol. The molecule has 3 aromatic rings. The summed E-state index contributed by atoms with van der Waals surface area (Å²) in [7, 11) is 0. The molecule has 0 aliphatic heterocycles. The zero-order valence-corrected chi connectivity index (χ0v) is 11.1. The molecule has 0 fully saturated rings. The van der Waals surface area contributed by atoms with E-state index in [4.69, 9.17) is 9.15 Å². The Labute approximate surface area is 118 Å². The first-order valence-corrected chi connectivity index (χ1v) is 6.20. The van der Waals surface area contributed by atoms with Crippen LogP contribution < -0.4 is 5.56 Å². The first-order chi connectivity index (χ1) is 10.2. The van der Waals surface area contributed by atoms with Gasteiger partial charge in [0.15, 0.2) is 6.73 Å². The van der Waals surface area contributed by atoms with Crippen LogP contribution >= 0.6 is 0 Å². The van der Waals surface area contributed by atoms with E-state index in [1.165, 1.54) is 12.3 Å². The van der Waals surface area contributed by atoms with Crippen LogP contribution in [-0.4, -0.2) is 21.0 Å². The van der Waals surface area contributed by atoms with Crippen molar-refractivity contribution in [3.8, 4) is 0 Å². The lowest BCUT2D eigenvalue weighted by atomic mass is 10.2. The van der Waals surface area contributed by atoms with Gasteiger partial charge < -0.3 is 9.15 Å². The molecule has 0 spiro atoms. The highest BCUT2D eigenvalue weighted by molar-refractivity contribution is 5.90. The van der Waals surface area contributed by atoms with E-state index in [1.54, 1.807) is 31.2 Å². The van der Waals surface area contributed by atoms with Crippen molar-refractivity contribution < 1.29 is 13.9 Å². The number of furan rings is 1. The third kappa shape index (κ3) is 2.40. The molecule has 0 saturated carbocycles. The van der Waals surface area contributed by atoms with Crippen LogP contribution in [-0.2, 0) is 11.5 Å². The Hall–Kier alpha value is -2.96. The number of carbonyl (C=O) groups is 1. The van der Waals surface area contributed by atoms with Gasteiger partial charge >= 0.3 is 5.97 Å². The van der Waals surface area contributed by atoms with Crippen LogP contribution in [0.3, 0.4) is 0 Å². The maximum absolute atomic E-state index is 12.1. The highest BCUT2D eigenvalue weighted by Crippen LogP contribution is 2.10. The van der Waals surface area contributed by atoms with E-state index in [-0.39, 0.29) is 12.3 Å². The molecule has 0 N–H and O–H groups in total. The minimum Gasteiger partial charge on any atom is -0.469 e. The normalized spacial score (nSPS) is 10.7. The number of carbonyl (C=O) groups excluding carboxylic acids is 1. The van der Waals surface area contributed by atoms with Gasteiger partial charge in [-0.3, -0.25) is 4.79 Å². The molecule has 2 heterocycles. The molecule has 0 bridgehead atoms.